The van der Waals surface area contributed by atoms with Crippen molar-refractivity contribution in [2.45, 2.75) is 45.2 Å². The van der Waals surface area contributed by atoms with E-state index in [9.17, 15) is 4.79 Å². The first-order valence-corrected chi connectivity index (χ1v) is 6.24. The first-order chi connectivity index (χ1) is 8.15. The average Bonchev–Trinajstić information content (AvgIpc) is 2.65. The highest BCUT2D eigenvalue weighted by Gasteiger charge is 2.34. The second kappa shape index (κ2) is 4.92. The summed E-state index contributed by atoms with van der Waals surface area (Å²) >= 11 is 0. The van der Waals surface area contributed by atoms with Crippen LogP contribution in [0.2, 0.25) is 0 Å². The summed E-state index contributed by atoms with van der Waals surface area (Å²) in [6.07, 6.45) is 4.00. The molecule has 94 valence electrons. The molecule has 1 amide bonds. The van der Waals surface area contributed by atoms with Crippen LogP contribution >= 0.6 is 0 Å². The molecule has 0 bridgehead atoms. The lowest BCUT2D eigenvalue weighted by Gasteiger charge is -2.31. The van der Waals surface area contributed by atoms with Crippen molar-refractivity contribution < 1.29 is 9.21 Å². The molecule has 2 heterocycles. The molecule has 0 spiro atoms. The second-order valence-corrected chi connectivity index (χ2v) is 4.65. The van der Waals surface area contributed by atoms with Gasteiger partial charge in [0.1, 0.15) is 11.8 Å². The maximum atomic E-state index is 12.0. The van der Waals surface area contributed by atoms with E-state index in [0.29, 0.717) is 13.0 Å². The number of rotatable bonds is 2. The summed E-state index contributed by atoms with van der Waals surface area (Å²) in [4.78, 5) is 13.9. The van der Waals surface area contributed by atoms with Gasteiger partial charge in [0.25, 0.3) is 0 Å². The Morgan fingerprint density at radius 1 is 1.59 bits per heavy atom. The summed E-state index contributed by atoms with van der Waals surface area (Å²) in [7, 11) is 0. The van der Waals surface area contributed by atoms with Crippen LogP contribution in [0.3, 0.4) is 0 Å². The lowest BCUT2D eigenvalue weighted by molar-refractivity contribution is -0.133. The highest BCUT2D eigenvalue weighted by Crippen LogP contribution is 2.32. The molecule has 1 saturated heterocycles. The molecule has 2 N–H and O–H groups in total. The lowest BCUT2D eigenvalue weighted by Crippen LogP contribution is -2.42. The highest BCUT2D eigenvalue weighted by atomic mass is 16.3. The fraction of sp³-hybridized carbons (Fsp3) is 0.615. The summed E-state index contributed by atoms with van der Waals surface area (Å²) in [6, 6.07) is 1.78. The number of amides is 1. The monoisotopic (exact) mass is 236 g/mol. The standard InChI is InChI=1S/C13H20N2O2/c1-3-15-11(16)6-4-5-10(14)12(15)13-9(2)7-8-17-13/h7-8,10,12H,3-6,14H2,1-2H3. The highest BCUT2D eigenvalue weighted by molar-refractivity contribution is 5.77. The van der Waals surface area contributed by atoms with E-state index in [-0.39, 0.29) is 18.0 Å². The van der Waals surface area contributed by atoms with Gasteiger partial charge in [0, 0.05) is 19.0 Å². The minimum Gasteiger partial charge on any atom is -0.467 e. The van der Waals surface area contributed by atoms with E-state index >= 15 is 0 Å². The number of carbonyl (C=O) groups is 1. The third-order valence-corrected chi connectivity index (χ3v) is 3.50. The number of nitrogens with zero attached hydrogens (tertiary/aromatic N) is 1. The zero-order valence-electron chi connectivity index (χ0n) is 10.5. The van der Waals surface area contributed by atoms with Crippen molar-refractivity contribution in [2.75, 3.05) is 6.54 Å². The van der Waals surface area contributed by atoms with Gasteiger partial charge in [-0.25, -0.2) is 0 Å². The molecule has 1 aliphatic heterocycles. The van der Waals surface area contributed by atoms with E-state index in [1.807, 2.05) is 24.8 Å². The molecule has 0 aliphatic carbocycles. The van der Waals surface area contributed by atoms with Gasteiger partial charge in [-0.05, 0) is 38.3 Å². The predicted octanol–water partition coefficient (Wildman–Crippen LogP) is 1.99. The van der Waals surface area contributed by atoms with Gasteiger partial charge in [0.2, 0.25) is 5.91 Å². The SMILES string of the molecule is CCN1C(=O)CCCC(N)C1c1occc1C. The zero-order valence-corrected chi connectivity index (χ0v) is 10.5. The van der Waals surface area contributed by atoms with Gasteiger partial charge in [-0.3, -0.25) is 4.79 Å². The Labute approximate surface area is 102 Å². The van der Waals surface area contributed by atoms with Crippen LogP contribution < -0.4 is 5.73 Å². The third-order valence-electron chi connectivity index (χ3n) is 3.50. The number of hydrogen-bond acceptors (Lipinski definition) is 3. The molecule has 1 aromatic heterocycles. The van der Waals surface area contributed by atoms with Crippen molar-refractivity contribution in [3.05, 3.63) is 23.7 Å². The summed E-state index contributed by atoms with van der Waals surface area (Å²) in [5.41, 5.74) is 7.28. The van der Waals surface area contributed by atoms with Crippen LogP contribution in [0.1, 0.15) is 43.6 Å². The largest absolute Gasteiger partial charge is 0.467 e. The normalized spacial score (nSPS) is 26.1. The van der Waals surface area contributed by atoms with Crippen molar-refractivity contribution in [1.29, 1.82) is 0 Å². The first-order valence-electron chi connectivity index (χ1n) is 6.24. The van der Waals surface area contributed by atoms with Gasteiger partial charge in [-0.15, -0.1) is 0 Å². The minimum atomic E-state index is -0.106. The maximum absolute atomic E-state index is 12.0. The molecule has 4 heteroatoms. The molecule has 1 fully saturated rings. The second-order valence-electron chi connectivity index (χ2n) is 4.65. The summed E-state index contributed by atoms with van der Waals surface area (Å²) < 4.78 is 5.54. The van der Waals surface area contributed by atoms with Gasteiger partial charge in [-0.2, -0.15) is 0 Å². The van der Waals surface area contributed by atoms with E-state index in [1.54, 1.807) is 6.26 Å². The number of nitrogens with two attached hydrogens (primary N) is 1. The number of furan rings is 1. The molecule has 1 aliphatic rings. The number of carbonyl (C=O) groups excluding carboxylic acids is 1. The molecule has 0 saturated carbocycles. The molecule has 17 heavy (non-hydrogen) atoms. The van der Waals surface area contributed by atoms with Gasteiger partial charge in [0.05, 0.1) is 6.26 Å². The molecular formula is C13H20N2O2. The first kappa shape index (κ1) is 12.2. The molecule has 2 atom stereocenters. The quantitative estimate of drug-likeness (QED) is 0.854. The van der Waals surface area contributed by atoms with Crippen molar-refractivity contribution in [3.8, 4) is 0 Å². The van der Waals surface area contributed by atoms with Crippen LogP contribution in [0.15, 0.2) is 16.7 Å². The van der Waals surface area contributed by atoms with Crippen LogP contribution in [0.4, 0.5) is 0 Å². The molecule has 4 nitrogen and oxygen atoms in total. The van der Waals surface area contributed by atoms with E-state index in [1.165, 1.54) is 0 Å². The molecule has 0 aromatic carbocycles. The summed E-state index contributed by atoms with van der Waals surface area (Å²) in [5.74, 6) is 1.02. The van der Waals surface area contributed by atoms with Crippen molar-refractivity contribution in [2.24, 2.45) is 5.73 Å². The number of likely N-dealkylation sites (N-methyl/N-ethyl adjacent to an activating group) is 1. The maximum Gasteiger partial charge on any atom is 0.223 e. The van der Waals surface area contributed by atoms with Gasteiger partial charge in [-0.1, -0.05) is 0 Å². The minimum absolute atomic E-state index is 0.0359. The average molecular weight is 236 g/mol. The molecule has 2 unspecified atom stereocenters. The van der Waals surface area contributed by atoms with E-state index < -0.39 is 0 Å². The Bertz CT molecular complexity index is 400. The van der Waals surface area contributed by atoms with E-state index in [4.69, 9.17) is 10.2 Å². The lowest BCUT2D eigenvalue weighted by atomic mass is 9.99. The molecule has 1 aromatic rings. The zero-order chi connectivity index (χ0) is 12.4. The summed E-state index contributed by atoms with van der Waals surface area (Å²) in [6.45, 7) is 4.66. The van der Waals surface area contributed by atoms with Crippen LogP contribution in [0, 0.1) is 6.92 Å². The Kier molecular flexibility index (Phi) is 3.52. The molecular weight excluding hydrogens is 216 g/mol. The Morgan fingerprint density at radius 3 is 2.94 bits per heavy atom. The summed E-state index contributed by atoms with van der Waals surface area (Å²) in [5, 5.41) is 0. The Hall–Kier alpha value is -1.29. The number of likely N-dealkylation sites (tertiary alicyclic amines) is 1. The smallest absolute Gasteiger partial charge is 0.223 e. The van der Waals surface area contributed by atoms with Crippen LogP contribution in [0.25, 0.3) is 0 Å². The van der Waals surface area contributed by atoms with Crippen LogP contribution in [0.5, 0.6) is 0 Å². The Morgan fingerprint density at radius 2 is 2.35 bits per heavy atom. The third kappa shape index (κ3) is 2.22. The fourth-order valence-corrected chi connectivity index (χ4v) is 2.57. The van der Waals surface area contributed by atoms with E-state index in [2.05, 4.69) is 0 Å². The number of hydrogen-bond donors (Lipinski definition) is 1. The van der Waals surface area contributed by atoms with E-state index in [0.717, 1.165) is 24.2 Å². The molecule has 2 rings (SSSR count). The Balaban J connectivity index is 2.38. The van der Waals surface area contributed by atoms with Crippen LogP contribution in [-0.2, 0) is 4.79 Å². The fourth-order valence-electron chi connectivity index (χ4n) is 2.57. The predicted molar refractivity (Wildman–Crippen MR) is 65.4 cm³/mol. The van der Waals surface area contributed by atoms with Crippen molar-refractivity contribution >= 4 is 5.91 Å². The topological polar surface area (TPSA) is 59.5 Å². The van der Waals surface area contributed by atoms with Crippen molar-refractivity contribution in [1.82, 2.24) is 4.90 Å². The van der Waals surface area contributed by atoms with Gasteiger partial charge < -0.3 is 15.1 Å². The van der Waals surface area contributed by atoms with Crippen LogP contribution in [-0.4, -0.2) is 23.4 Å². The van der Waals surface area contributed by atoms with Crippen molar-refractivity contribution in [3.63, 3.8) is 0 Å². The number of aryl methyl sites for hydroxylation is 1. The van der Waals surface area contributed by atoms with Gasteiger partial charge in [0.15, 0.2) is 0 Å². The molecule has 0 radical (unpaired) electrons. The van der Waals surface area contributed by atoms with Gasteiger partial charge >= 0.3 is 0 Å².